The Kier molecular flexibility index (Phi) is 8.59. The Morgan fingerprint density at radius 3 is 2.38 bits per heavy atom. The van der Waals surface area contributed by atoms with Gasteiger partial charge < -0.3 is 15.1 Å². The standard InChI is InChI=1S/C31H40N4OS/c1-3-34(4-2)31(36)26-14-12-25(13-15-26)30(35-18-16-33(17-19-35)23-24-10-11-24)27-7-5-8-28(21-27)32-22-29-9-6-20-37-29/h5-9,12-15,20-21,24,30,32H,3-4,10-11,16-19,22-23H2,1-2H3/t30-/m1/s1. The third-order valence-corrected chi connectivity index (χ3v) is 8.63. The lowest BCUT2D eigenvalue weighted by molar-refractivity contribution is 0.0773. The summed E-state index contributed by atoms with van der Waals surface area (Å²) in [5, 5.41) is 5.74. The molecule has 37 heavy (non-hydrogen) atoms. The van der Waals surface area contributed by atoms with Crippen molar-refractivity contribution in [2.75, 3.05) is 51.1 Å². The largest absolute Gasteiger partial charge is 0.380 e. The number of amides is 1. The molecule has 3 aromatic rings. The second kappa shape index (κ2) is 12.2. The maximum absolute atomic E-state index is 12.9. The van der Waals surface area contributed by atoms with E-state index in [2.05, 4.69) is 69.0 Å². The Balaban J connectivity index is 1.37. The number of nitrogens with one attached hydrogen (secondary N) is 1. The molecule has 0 radical (unpaired) electrons. The van der Waals surface area contributed by atoms with Crippen LogP contribution in [0.3, 0.4) is 0 Å². The van der Waals surface area contributed by atoms with Crippen LogP contribution < -0.4 is 5.32 Å². The number of rotatable bonds is 11. The minimum absolute atomic E-state index is 0.113. The second-order valence-corrected chi connectivity index (χ2v) is 11.4. The highest BCUT2D eigenvalue weighted by Crippen LogP contribution is 2.33. The van der Waals surface area contributed by atoms with Crippen LogP contribution in [0.2, 0.25) is 0 Å². The first-order valence-corrected chi connectivity index (χ1v) is 14.7. The van der Waals surface area contributed by atoms with Gasteiger partial charge in [-0.2, -0.15) is 0 Å². The minimum Gasteiger partial charge on any atom is -0.380 e. The van der Waals surface area contributed by atoms with Crippen molar-refractivity contribution in [3.05, 3.63) is 87.6 Å². The van der Waals surface area contributed by atoms with Crippen molar-refractivity contribution in [3.63, 3.8) is 0 Å². The van der Waals surface area contributed by atoms with E-state index in [0.717, 1.165) is 63.0 Å². The number of hydrogen-bond acceptors (Lipinski definition) is 5. The fourth-order valence-corrected chi connectivity index (χ4v) is 6.05. The fraction of sp³-hybridized carbons (Fsp3) is 0.452. The first kappa shape index (κ1) is 26.0. The molecule has 0 unspecified atom stereocenters. The number of benzene rings is 2. The molecule has 2 aliphatic rings. The third-order valence-electron chi connectivity index (χ3n) is 7.76. The van der Waals surface area contributed by atoms with Crippen LogP contribution >= 0.6 is 11.3 Å². The Bertz CT molecular complexity index is 1130. The summed E-state index contributed by atoms with van der Waals surface area (Å²) < 4.78 is 0. The molecule has 1 saturated carbocycles. The summed E-state index contributed by atoms with van der Waals surface area (Å²) in [5.74, 6) is 1.05. The van der Waals surface area contributed by atoms with Gasteiger partial charge in [-0.15, -0.1) is 11.3 Å². The van der Waals surface area contributed by atoms with Crippen LogP contribution in [0.25, 0.3) is 0 Å². The van der Waals surface area contributed by atoms with E-state index >= 15 is 0 Å². The molecule has 1 aromatic heterocycles. The topological polar surface area (TPSA) is 38.8 Å². The molecule has 5 rings (SSSR count). The third kappa shape index (κ3) is 6.61. The lowest BCUT2D eigenvalue weighted by Crippen LogP contribution is -2.48. The zero-order valence-electron chi connectivity index (χ0n) is 22.2. The summed E-state index contributed by atoms with van der Waals surface area (Å²) in [6.07, 6.45) is 2.82. The molecular weight excluding hydrogens is 476 g/mol. The summed E-state index contributed by atoms with van der Waals surface area (Å²) in [6.45, 7) is 12.0. The molecule has 1 atom stereocenters. The van der Waals surface area contributed by atoms with Crippen LogP contribution in [0, 0.1) is 5.92 Å². The van der Waals surface area contributed by atoms with Gasteiger partial charge >= 0.3 is 0 Å². The van der Waals surface area contributed by atoms with Gasteiger partial charge in [0.25, 0.3) is 5.91 Å². The highest BCUT2D eigenvalue weighted by atomic mass is 32.1. The molecule has 196 valence electrons. The van der Waals surface area contributed by atoms with Gasteiger partial charge in [0.1, 0.15) is 0 Å². The predicted octanol–water partition coefficient (Wildman–Crippen LogP) is 5.96. The van der Waals surface area contributed by atoms with E-state index in [1.807, 2.05) is 30.9 Å². The van der Waals surface area contributed by atoms with Crippen molar-refractivity contribution < 1.29 is 4.79 Å². The number of nitrogens with zero attached hydrogens (tertiary/aromatic N) is 3. The first-order chi connectivity index (χ1) is 18.1. The molecule has 0 bridgehead atoms. The molecular formula is C31H40N4OS. The Morgan fingerprint density at radius 1 is 0.973 bits per heavy atom. The molecule has 2 fully saturated rings. The molecule has 1 amide bonds. The quantitative estimate of drug-likeness (QED) is 0.341. The van der Waals surface area contributed by atoms with Crippen LogP contribution in [0.5, 0.6) is 0 Å². The lowest BCUT2D eigenvalue weighted by Gasteiger charge is -2.40. The van der Waals surface area contributed by atoms with Crippen LogP contribution in [0.1, 0.15) is 59.1 Å². The highest BCUT2D eigenvalue weighted by molar-refractivity contribution is 7.09. The van der Waals surface area contributed by atoms with Gasteiger partial charge in [-0.25, -0.2) is 0 Å². The maximum Gasteiger partial charge on any atom is 0.253 e. The summed E-state index contributed by atoms with van der Waals surface area (Å²) in [5.41, 5.74) is 4.47. The molecule has 5 nitrogen and oxygen atoms in total. The maximum atomic E-state index is 12.9. The number of carbonyl (C=O) groups excluding carboxylic acids is 1. The molecule has 1 aliphatic carbocycles. The van der Waals surface area contributed by atoms with Crippen molar-refractivity contribution >= 4 is 22.9 Å². The minimum atomic E-state index is 0.113. The lowest BCUT2D eigenvalue weighted by atomic mass is 9.94. The van der Waals surface area contributed by atoms with E-state index in [1.165, 1.54) is 35.4 Å². The van der Waals surface area contributed by atoms with Gasteiger partial charge in [0.2, 0.25) is 0 Å². The second-order valence-electron chi connectivity index (χ2n) is 10.3. The van der Waals surface area contributed by atoms with Crippen LogP contribution in [-0.4, -0.2) is 66.4 Å². The zero-order valence-corrected chi connectivity index (χ0v) is 23.1. The van der Waals surface area contributed by atoms with E-state index in [9.17, 15) is 4.79 Å². The van der Waals surface area contributed by atoms with Crippen molar-refractivity contribution in [1.82, 2.24) is 14.7 Å². The van der Waals surface area contributed by atoms with Crippen LogP contribution in [0.15, 0.2) is 66.0 Å². The summed E-state index contributed by atoms with van der Waals surface area (Å²) in [6, 6.07) is 21.7. The summed E-state index contributed by atoms with van der Waals surface area (Å²) in [4.78, 5) is 21.4. The number of carbonyl (C=O) groups is 1. The predicted molar refractivity (Wildman–Crippen MR) is 154 cm³/mol. The molecule has 1 saturated heterocycles. The van der Waals surface area contributed by atoms with E-state index in [-0.39, 0.29) is 11.9 Å². The molecule has 1 aliphatic heterocycles. The van der Waals surface area contributed by atoms with Gasteiger partial charge in [-0.05, 0) is 79.4 Å². The van der Waals surface area contributed by atoms with E-state index in [4.69, 9.17) is 0 Å². The zero-order chi connectivity index (χ0) is 25.6. The summed E-state index contributed by atoms with van der Waals surface area (Å²) >= 11 is 1.78. The van der Waals surface area contributed by atoms with E-state index in [1.54, 1.807) is 11.3 Å². The number of thiophene rings is 1. The molecule has 1 N–H and O–H groups in total. The smallest absolute Gasteiger partial charge is 0.253 e. The van der Waals surface area contributed by atoms with Crippen molar-refractivity contribution in [1.29, 1.82) is 0 Å². The Morgan fingerprint density at radius 2 is 1.73 bits per heavy atom. The average Bonchev–Trinajstić information content (AvgIpc) is 3.59. The van der Waals surface area contributed by atoms with Crippen LogP contribution in [0.4, 0.5) is 5.69 Å². The molecule has 6 heteroatoms. The normalized spacial score (nSPS) is 17.5. The van der Waals surface area contributed by atoms with Crippen molar-refractivity contribution in [3.8, 4) is 0 Å². The Labute approximate surface area is 226 Å². The van der Waals surface area contributed by atoms with Crippen LogP contribution in [-0.2, 0) is 6.54 Å². The van der Waals surface area contributed by atoms with Gasteiger partial charge in [0.15, 0.2) is 0 Å². The Hall–Kier alpha value is -2.67. The SMILES string of the molecule is CCN(CC)C(=O)c1ccc([C@H](c2cccc(NCc3cccs3)c2)N2CCN(CC3CC3)CC2)cc1. The van der Waals surface area contributed by atoms with Gasteiger partial charge in [0.05, 0.1) is 6.04 Å². The molecule has 2 aromatic carbocycles. The van der Waals surface area contributed by atoms with Gasteiger partial charge in [-0.1, -0.05) is 30.3 Å². The number of anilines is 1. The molecule has 0 spiro atoms. The fourth-order valence-electron chi connectivity index (χ4n) is 5.41. The highest BCUT2D eigenvalue weighted by Gasteiger charge is 2.30. The van der Waals surface area contributed by atoms with Gasteiger partial charge in [0, 0.05) is 68.5 Å². The van der Waals surface area contributed by atoms with E-state index < -0.39 is 0 Å². The van der Waals surface area contributed by atoms with E-state index in [0.29, 0.717) is 0 Å². The monoisotopic (exact) mass is 516 g/mol. The van der Waals surface area contributed by atoms with Gasteiger partial charge in [-0.3, -0.25) is 9.69 Å². The molecule has 2 heterocycles. The number of hydrogen-bond donors (Lipinski definition) is 1. The average molecular weight is 517 g/mol. The van der Waals surface area contributed by atoms with Crippen molar-refractivity contribution in [2.24, 2.45) is 5.92 Å². The summed E-state index contributed by atoms with van der Waals surface area (Å²) in [7, 11) is 0. The van der Waals surface area contributed by atoms with Crippen molar-refractivity contribution in [2.45, 2.75) is 39.3 Å². The first-order valence-electron chi connectivity index (χ1n) is 13.9. The number of piperazine rings is 1.